The Balaban J connectivity index is 2.40. The van der Waals surface area contributed by atoms with E-state index in [1.54, 1.807) is 0 Å². The van der Waals surface area contributed by atoms with Crippen LogP contribution in [0.4, 0.5) is 0 Å². The molecule has 2 rings (SSSR count). The van der Waals surface area contributed by atoms with Crippen molar-refractivity contribution in [3.8, 4) is 0 Å². The molecule has 0 atom stereocenters. The van der Waals surface area contributed by atoms with Gasteiger partial charge in [0.25, 0.3) is 0 Å². The Bertz CT molecular complexity index is 661. The molecule has 0 spiro atoms. The number of ether oxygens (including phenoxy) is 1. The molecule has 2 aromatic carbocycles. The van der Waals surface area contributed by atoms with Gasteiger partial charge in [-0.15, -0.1) is 0 Å². The van der Waals surface area contributed by atoms with E-state index in [0.717, 1.165) is 5.56 Å². The van der Waals surface area contributed by atoms with Gasteiger partial charge in [0.1, 0.15) is 8.07 Å². The van der Waals surface area contributed by atoms with Crippen LogP contribution in [0.5, 0.6) is 0 Å². The molecule has 0 saturated carbocycles. The first-order valence-electron chi connectivity index (χ1n) is 8.01. The monoisotopic (exact) mass is 324 g/mol. The summed E-state index contributed by atoms with van der Waals surface area (Å²) in [5.41, 5.74) is 1.13. The Morgan fingerprint density at radius 1 is 1.00 bits per heavy atom. The minimum atomic E-state index is -1.92. The third kappa shape index (κ3) is 4.67. The standard InChI is InChI=1S/C20H24O2Si/c1-4-22-20(21)16-19(15-17-11-7-5-8-12-17)23(2,3)18-13-9-6-10-14-18/h5-15H,4,16H2,1-3H3. The molecule has 0 aliphatic heterocycles. The topological polar surface area (TPSA) is 26.3 Å². The van der Waals surface area contributed by atoms with Crippen LogP contribution in [0.25, 0.3) is 6.08 Å². The van der Waals surface area contributed by atoms with Crippen LogP contribution in [0.15, 0.2) is 65.9 Å². The van der Waals surface area contributed by atoms with Crippen molar-refractivity contribution in [2.24, 2.45) is 0 Å². The Kier molecular flexibility index (Phi) is 5.94. The van der Waals surface area contributed by atoms with Gasteiger partial charge in [0.2, 0.25) is 0 Å². The first-order valence-corrected chi connectivity index (χ1v) is 11.0. The first kappa shape index (κ1) is 17.2. The fourth-order valence-corrected chi connectivity index (χ4v) is 5.12. The smallest absolute Gasteiger partial charge is 0.309 e. The zero-order chi connectivity index (χ0) is 16.7. The van der Waals surface area contributed by atoms with Crippen molar-refractivity contribution in [3.05, 3.63) is 71.4 Å². The first-order chi connectivity index (χ1) is 11.0. The molecule has 3 heteroatoms. The maximum atomic E-state index is 12.1. The Morgan fingerprint density at radius 2 is 1.57 bits per heavy atom. The fourth-order valence-electron chi connectivity index (χ4n) is 2.61. The molecule has 0 saturated heterocycles. The lowest BCUT2D eigenvalue weighted by molar-refractivity contribution is -0.142. The highest BCUT2D eigenvalue weighted by Gasteiger charge is 2.29. The Hall–Kier alpha value is -2.13. The quantitative estimate of drug-likeness (QED) is 0.588. The molecule has 0 N–H and O–H groups in total. The summed E-state index contributed by atoms with van der Waals surface area (Å²) in [5.74, 6) is -0.147. The molecule has 0 amide bonds. The molecule has 120 valence electrons. The summed E-state index contributed by atoms with van der Waals surface area (Å²) in [7, 11) is -1.92. The molecule has 0 aromatic heterocycles. The highest BCUT2D eigenvalue weighted by molar-refractivity contribution is 6.96. The van der Waals surface area contributed by atoms with Crippen LogP contribution in [0.3, 0.4) is 0 Å². The van der Waals surface area contributed by atoms with E-state index in [1.807, 2.05) is 31.2 Å². The third-order valence-corrected chi connectivity index (χ3v) is 7.78. The third-order valence-electron chi connectivity index (χ3n) is 4.08. The normalized spacial score (nSPS) is 12.0. The molecule has 0 unspecified atom stereocenters. The average Bonchev–Trinajstić information content (AvgIpc) is 2.56. The van der Waals surface area contributed by atoms with Crippen LogP contribution in [0.1, 0.15) is 18.9 Å². The summed E-state index contributed by atoms with van der Waals surface area (Å²) in [5, 5.41) is 2.51. The Morgan fingerprint density at radius 3 is 2.13 bits per heavy atom. The molecule has 0 aliphatic carbocycles. The second-order valence-corrected chi connectivity index (χ2v) is 10.5. The predicted octanol–water partition coefficient (Wildman–Crippen LogP) is 4.18. The van der Waals surface area contributed by atoms with Gasteiger partial charge in [-0.3, -0.25) is 4.79 Å². The van der Waals surface area contributed by atoms with Gasteiger partial charge in [0.15, 0.2) is 0 Å². The van der Waals surface area contributed by atoms with Gasteiger partial charge in [-0.25, -0.2) is 0 Å². The molecule has 2 aromatic rings. The van der Waals surface area contributed by atoms with Gasteiger partial charge in [0.05, 0.1) is 13.0 Å². The number of hydrogen-bond acceptors (Lipinski definition) is 2. The number of carbonyl (C=O) groups is 1. The van der Waals surface area contributed by atoms with E-state index in [-0.39, 0.29) is 5.97 Å². The lowest BCUT2D eigenvalue weighted by Gasteiger charge is -2.26. The maximum absolute atomic E-state index is 12.1. The van der Waals surface area contributed by atoms with E-state index in [2.05, 4.69) is 55.6 Å². The largest absolute Gasteiger partial charge is 0.466 e. The summed E-state index contributed by atoms with van der Waals surface area (Å²) >= 11 is 0. The highest BCUT2D eigenvalue weighted by atomic mass is 28.3. The minimum absolute atomic E-state index is 0.147. The van der Waals surface area contributed by atoms with E-state index < -0.39 is 8.07 Å². The van der Waals surface area contributed by atoms with Gasteiger partial charge in [0, 0.05) is 0 Å². The van der Waals surface area contributed by atoms with Gasteiger partial charge in [-0.2, -0.15) is 0 Å². The summed E-state index contributed by atoms with van der Waals surface area (Å²) in [6, 6.07) is 20.7. The molecule has 0 radical (unpaired) electrons. The van der Waals surface area contributed by atoms with E-state index in [0.29, 0.717) is 13.0 Å². The maximum Gasteiger partial charge on any atom is 0.309 e. The molecular formula is C20H24O2Si. The van der Waals surface area contributed by atoms with E-state index in [4.69, 9.17) is 4.74 Å². The van der Waals surface area contributed by atoms with Gasteiger partial charge in [-0.05, 0) is 12.5 Å². The van der Waals surface area contributed by atoms with Gasteiger partial charge >= 0.3 is 5.97 Å². The van der Waals surface area contributed by atoms with Crippen molar-refractivity contribution < 1.29 is 9.53 Å². The van der Waals surface area contributed by atoms with Crippen LogP contribution >= 0.6 is 0 Å². The predicted molar refractivity (Wildman–Crippen MR) is 99.2 cm³/mol. The van der Waals surface area contributed by atoms with Crippen molar-refractivity contribution in [1.29, 1.82) is 0 Å². The van der Waals surface area contributed by atoms with Crippen LogP contribution < -0.4 is 5.19 Å². The number of benzene rings is 2. The van der Waals surface area contributed by atoms with Crippen molar-refractivity contribution in [2.45, 2.75) is 26.4 Å². The molecule has 0 bridgehead atoms. The van der Waals surface area contributed by atoms with Gasteiger partial charge < -0.3 is 4.74 Å². The van der Waals surface area contributed by atoms with Gasteiger partial charge in [-0.1, -0.05) is 90.2 Å². The molecular weight excluding hydrogens is 300 g/mol. The molecule has 23 heavy (non-hydrogen) atoms. The number of carbonyl (C=O) groups excluding carboxylic acids is 1. The molecule has 0 fully saturated rings. The zero-order valence-corrected chi connectivity index (χ0v) is 15.1. The van der Waals surface area contributed by atoms with Crippen LogP contribution in [-0.2, 0) is 9.53 Å². The number of hydrogen-bond donors (Lipinski definition) is 0. The van der Waals surface area contributed by atoms with Crippen LogP contribution in [0.2, 0.25) is 13.1 Å². The summed E-state index contributed by atoms with van der Waals surface area (Å²) < 4.78 is 5.18. The lowest BCUT2D eigenvalue weighted by Crippen LogP contribution is -2.44. The highest BCUT2D eigenvalue weighted by Crippen LogP contribution is 2.22. The van der Waals surface area contributed by atoms with E-state index in [9.17, 15) is 4.79 Å². The van der Waals surface area contributed by atoms with Crippen LogP contribution in [-0.4, -0.2) is 20.7 Å². The second kappa shape index (κ2) is 7.93. The number of esters is 1. The average molecular weight is 324 g/mol. The van der Waals surface area contributed by atoms with Crippen molar-refractivity contribution >= 4 is 25.3 Å². The zero-order valence-electron chi connectivity index (χ0n) is 14.1. The minimum Gasteiger partial charge on any atom is -0.466 e. The fraction of sp³-hybridized carbons (Fsp3) is 0.250. The van der Waals surface area contributed by atoms with Crippen molar-refractivity contribution in [3.63, 3.8) is 0 Å². The van der Waals surface area contributed by atoms with Crippen LogP contribution in [0, 0.1) is 0 Å². The van der Waals surface area contributed by atoms with Crippen molar-refractivity contribution in [2.75, 3.05) is 6.61 Å². The lowest BCUT2D eigenvalue weighted by atomic mass is 10.2. The van der Waals surface area contributed by atoms with E-state index >= 15 is 0 Å². The SMILES string of the molecule is CCOC(=O)CC(=Cc1ccccc1)[Si](C)(C)c1ccccc1. The second-order valence-electron chi connectivity index (χ2n) is 6.05. The Labute approximate surface area is 139 Å². The van der Waals surface area contributed by atoms with E-state index in [1.165, 1.54) is 10.4 Å². The summed E-state index contributed by atoms with van der Waals surface area (Å²) in [6.07, 6.45) is 2.52. The summed E-state index contributed by atoms with van der Waals surface area (Å²) in [6.45, 7) is 6.84. The molecule has 0 aliphatic rings. The summed E-state index contributed by atoms with van der Waals surface area (Å²) in [4.78, 5) is 12.1. The number of rotatable bonds is 6. The van der Waals surface area contributed by atoms with Crippen molar-refractivity contribution in [1.82, 2.24) is 0 Å². The molecule has 2 nitrogen and oxygen atoms in total. The molecule has 0 heterocycles.